The maximum atomic E-state index is 11.8. The van der Waals surface area contributed by atoms with Crippen LogP contribution in [0.3, 0.4) is 0 Å². The highest BCUT2D eigenvalue weighted by Gasteiger charge is 2.17. The molecule has 114 valence electrons. The van der Waals surface area contributed by atoms with Crippen LogP contribution >= 0.6 is 0 Å². The Hall–Kier alpha value is -3.43. The summed E-state index contributed by atoms with van der Waals surface area (Å²) in [7, 11) is 0. The number of carbonyl (C=O) groups excluding carboxylic acids is 3. The molecule has 0 atom stereocenters. The molecule has 2 aromatic rings. The largest absolute Gasteiger partial charge is 0.366 e. The standard InChI is InChI=1S/C12H13N7O3/c1-6(20)7-3-2-4-8(5-7)15-9(21)10(22)18-19-11(13)16-17-12(19)14/h2-5H,1H3,(H2,13,16)(H2,14,17)(H,15,21)(H,18,22). The van der Waals surface area contributed by atoms with Gasteiger partial charge in [0.1, 0.15) is 0 Å². The maximum Gasteiger partial charge on any atom is 0.328 e. The summed E-state index contributed by atoms with van der Waals surface area (Å²) in [5.41, 5.74) is 13.7. The molecule has 0 unspecified atom stereocenters. The predicted molar refractivity (Wildman–Crippen MR) is 78.3 cm³/mol. The highest BCUT2D eigenvalue weighted by atomic mass is 16.2. The van der Waals surface area contributed by atoms with Gasteiger partial charge in [0.15, 0.2) is 5.78 Å². The zero-order valence-electron chi connectivity index (χ0n) is 11.5. The Morgan fingerprint density at radius 3 is 2.32 bits per heavy atom. The smallest absolute Gasteiger partial charge is 0.328 e. The Balaban J connectivity index is 2.07. The van der Waals surface area contributed by atoms with Crippen LogP contribution in [0.2, 0.25) is 0 Å². The van der Waals surface area contributed by atoms with Gasteiger partial charge in [-0.05, 0) is 19.1 Å². The normalized spacial score (nSPS) is 10.0. The van der Waals surface area contributed by atoms with Crippen molar-refractivity contribution in [3.8, 4) is 0 Å². The summed E-state index contributed by atoms with van der Waals surface area (Å²) in [5.74, 6) is -2.49. The van der Waals surface area contributed by atoms with E-state index >= 15 is 0 Å². The van der Waals surface area contributed by atoms with Gasteiger partial charge >= 0.3 is 11.8 Å². The van der Waals surface area contributed by atoms with Crippen LogP contribution in [0.4, 0.5) is 17.6 Å². The first-order valence-corrected chi connectivity index (χ1v) is 6.08. The van der Waals surface area contributed by atoms with E-state index in [-0.39, 0.29) is 17.7 Å². The van der Waals surface area contributed by atoms with Gasteiger partial charge in [0.2, 0.25) is 11.9 Å². The fourth-order valence-corrected chi connectivity index (χ4v) is 1.58. The number of nitrogen functional groups attached to an aromatic ring is 2. The Bertz CT molecular complexity index is 733. The Kier molecular flexibility index (Phi) is 4.02. The summed E-state index contributed by atoms with van der Waals surface area (Å²) in [4.78, 5) is 34.8. The zero-order valence-corrected chi connectivity index (χ0v) is 11.5. The Labute approximate surface area is 124 Å². The van der Waals surface area contributed by atoms with Crippen LogP contribution < -0.4 is 22.2 Å². The fourth-order valence-electron chi connectivity index (χ4n) is 1.58. The number of nitrogens with zero attached hydrogens (tertiary/aromatic N) is 3. The van der Waals surface area contributed by atoms with E-state index in [4.69, 9.17) is 11.5 Å². The average molecular weight is 303 g/mol. The monoisotopic (exact) mass is 303 g/mol. The lowest BCUT2D eigenvalue weighted by atomic mass is 10.1. The van der Waals surface area contributed by atoms with Crippen LogP contribution in [0, 0.1) is 0 Å². The molecule has 0 bridgehead atoms. The SMILES string of the molecule is CC(=O)c1cccc(NC(=O)C(=O)Nn2c(N)nnc2N)c1. The molecule has 0 fully saturated rings. The van der Waals surface area contributed by atoms with Crippen LogP contribution in [0.15, 0.2) is 24.3 Å². The van der Waals surface area contributed by atoms with Gasteiger partial charge in [-0.1, -0.05) is 12.1 Å². The number of anilines is 3. The van der Waals surface area contributed by atoms with Gasteiger partial charge in [-0.2, -0.15) is 4.68 Å². The number of nitrogens with one attached hydrogen (secondary N) is 2. The van der Waals surface area contributed by atoms with Crippen molar-refractivity contribution in [2.24, 2.45) is 0 Å². The highest BCUT2D eigenvalue weighted by molar-refractivity contribution is 6.42. The number of amides is 2. The number of Topliss-reactive ketones (excluding diaryl/α,β-unsaturated/α-hetero) is 1. The number of benzene rings is 1. The molecule has 2 rings (SSSR count). The predicted octanol–water partition coefficient (Wildman–Crippen LogP) is -0.646. The first kappa shape index (κ1) is 15.0. The minimum atomic E-state index is -1.02. The van der Waals surface area contributed by atoms with Crippen LogP contribution in [-0.4, -0.2) is 32.5 Å². The van der Waals surface area contributed by atoms with E-state index in [2.05, 4.69) is 20.9 Å². The summed E-state index contributed by atoms with van der Waals surface area (Å²) in [6.45, 7) is 1.39. The second-order valence-corrected chi connectivity index (χ2v) is 4.28. The maximum absolute atomic E-state index is 11.8. The molecule has 0 radical (unpaired) electrons. The molecule has 6 N–H and O–H groups in total. The van der Waals surface area contributed by atoms with Crippen molar-refractivity contribution in [3.63, 3.8) is 0 Å². The van der Waals surface area contributed by atoms with Gasteiger partial charge < -0.3 is 16.8 Å². The molecule has 0 saturated heterocycles. The van der Waals surface area contributed by atoms with Crippen molar-refractivity contribution in [2.75, 3.05) is 22.2 Å². The topological polar surface area (TPSA) is 158 Å². The fraction of sp³-hybridized carbons (Fsp3) is 0.0833. The molecule has 0 aliphatic carbocycles. The van der Waals surface area contributed by atoms with Crippen molar-refractivity contribution < 1.29 is 14.4 Å². The molecule has 10 heteroatoms. The van der Waals surface area contributed by atoms with Crippen molar-refractivity contribution in [1.82, 2.24) is 14.9 Å². The number of nitrogens with two attached hydrogens (primary N) is 2. The van der Waals surface area contributed by atoms with Crippen LogP contribution in [0.25, 0.3) is 0 Å². The lowest BCUT2D eigenvalue weighted by Crippen LogP contribution is -2.35. The molecule has 1 aromatic carbocycles. The highest BCUT2D eigenvalue weighted by Crippen LogP contribution is 2.11. The number of ketones is 1. The Morgan fingerprint density at radius 1 is 1.09 bits per heavy atom. The summed E-state index contributed by atoms with van der Waals surface area (Å²) in [5, 5.41) is 9.20. The molecule has 0 saturated carbocycles. The molecular weight excluding hydrogens is 290 g/mol. The van der Waals surface area contributed by atoms with Crippen molar-refractivity contribution >= 4 is 35.2 Å². The van der Waals surface area contributed by atoms with Crippen molar-refractivity contribution in [2.45, 2.75) is 6.92 Å². The third-order valence-electron chi connectivity index (χ3n) is 2.66. The van der Waals surface area contributed by atoms with Crippen LogP contribution in [0.5, 0.6) is 0 Å². The quantitative estimate of drug-likeness (QED) is 0.433. The van der Waals surface area contributed by atoms with Crippen LogP contribution in [-0.2, 0) is 9.59 Å². The van der Waals surface area contributed by atoms with Gasteiger partial charge in [0, 0.05) is 11.3 Å². The molecule has 2 amide bonds. The third kappa shape index (κ3) is 3.17. The number of rotatable bonds is 3. The molecule has 10 nitrogen and oxygen atoms in total. The summed E-state index contributed by atoms with van der Waals surface area (Å²) in [6.07, 6.45) is 0. The first-order chi connectivity index (χ1) is 10.4. The molecule has 22 heavy (non-hydrogen) atoms. The van der Waals surface area contributed by atoms with E-state index in [0.29, 0.717) is 11.3 Å². The van der Waals surface area contributed by atoms with E-state index < -0.39 is 11.8 Å². The second kappa shape index (κ2) is 5.91. The minimum Gasteiger partial charge on any atom is -0.366 e. The van der Waals surface area contributed by atoms with Crippen molar-refractivity contribution in [3.05, 3.63) is 29.8 Å². The molecular formula is C12H13N7O3. The molecule has 1 heterocycles. The van der Waals surface area contributed by atoms with Gasteiger partial charge in [-0.15, -0.1) is 10.2 Å². The van der Waals surface area contributed by atoms with Gasteiger partial charge in [0.25, 0.3) is 0 Å². The lowest BCUT2D eigenvalue weighted by Gasteiger charge is -2.08. The Morgan fingerprint density at radius 2 is 1.73 bits per heavy atom. The van der Waals surface area contributed by atoms with Gasteiger partial charge in [0.05, 0.1) is 0 Å². The van der Waals surface area contributed by atoms with Gasteiger partial charge in [-0.3, -0.25) is 14.4 Å². The van der Waals surface area contributed by atoms with E-state index in [1.165, 1.54) is 13.0 Å². The molecule has 0 spiro atoms. The summed E-state index contributed by atoms with van der Waals surface area (Å²) < 4.78 is 0.869. The third-order valence-corrected chi connectivity index (χ3v) is 2.66. The first-order valence-electron chi connectivity index (χ1n) is 6.08. The minimum absolute atomic E-state index is 0.161. The second-order valence-electron chi connectivity index (χ2n) is 4.28. The zero-order chi connectivity index (χ0) is 16.3. The number of hydrogen-bond donors (Lipinski definition) is 4. The number of aromatic nitrogens is 3. The average Bonchev–Trinajstić information content (AvgIpc) is 2.79. The van der Waals surface area contributed by atoms with Crippen LogP contribution in [0.1, 0.15) is 17.3 Å². The van der Waals surface area contributed by atoms with E-state index in [0.717, 1.165) is 4.68 Å². The number of carbonyl (C=O) groups is 3. The van der Waals surface area contributed by atoms with Gasteiger partial charge in [-0.25, -0.2) is 5.43 Å². The van der Waals surface area contributed by atoms with E-state index in [1.807, 2.05) is 0 Å². The number of hydrogen-bond acceptors (Lipinski definition) is 7. The van der Waals surface area contributed by atoms with Crippen molar-refractivity contribution in [1.29, 1.82) is 0 Å². The van der Waals surface area contributed by atoms with E-state index in [1.54, 1.807) is 18.2 Å². The molecule has 0 aliphatic heterocycles. The summed E-state index contributed by atoms with van der Waals surface area (Å²) >= 11 is 0. The molecule has 0 aliphatic rings. The summed E-state index contributed by atoms with van der Waals surface area (Å²) in [6, 6.07) is 6.17. The van der Waals surface area contributed by atoms with E-state index in [9.17, 15) is 14.4 Å². The molecule has 1 aromatic heterocycles. The lowest BCUT2D eigenvalue weighted by molar-refractivity contribution is -0.133.